The zero-order chi connectivity index (χ0) is 18.0. The lowest BCUT2D eigenvalue weighted by Crippen LogP contribution is -3.09. The van der Waals surface area contributed by atoms with Crippen LogP contribution in [0.1, 0.15) is 28.7 Å². The zero-order valence-electron chi connectivity index (χ0n) is 14.8. The van der Waals surface area contributed by atoms with Crippen molar-refractivity contribution in [2.24, 2.45) is 5.16 Å². The molecule has 0 fully saturated rings. The fourth-order valence-electron chi connectivity index (χ4n) is 3.34. The number of oxime groups is 1. The maximum atomic E-state index is 12.6. The first-order chi connectivity index (χ1) is 12.0. The van der Waals surface area contributed by atoms with Crippen molar-refractivity contribution in [3.63, 3.8) is 0 Å². The van der Waals surface area contributed by atoms with Gasteiger partial charge in [0.2, 0.25) is 5.71 Å². The van der Waals surface area contributed by atoms with E-state index in [9.17, 15) is 10.0 Å². The van der Waals surface area contributed by atoms with Crippen molar-refractivity contribution in [1.29, 1.82) is 0 Å². The minimum Gasteiger partial charge on any atom is -0.493 e. The van der Waals surface area contributed by atoms with Crippen LogP contribution in [-0.2, 0) is 4.79 Å². The van der Waals surface area contributed by atoms with E-state index in [-0.39, 0.29) is 11.6 Å². The van der Waals surface area contributed by atoms with Crippen molar-refractivity contribution in [3.8, 4) is 5.75 Å². The van der Waals surface area contributed by atoms with Gasteiger partial charge in [-0.1, -0.05) is 28.9 Å². The summed E-state index contributed by atoms with van der Waals surface area (Å²) in [6.45, 7) is 7.13. The summed E-state index contributed by atoms with van der Waals surface area (Å²) in [6.07, 6.45) is 0.723. The molecule has 0 saturated heterocycles. The summed E-state index contributed by atoms with van der Waals surface area (Å²) >= 11 is 0. The van der Waals surface area contributed by atoms with Crippen molar-refractivity contribution in [3.05, 3.63) is 58.7 Å². The third-order valence-corrected chi connectivity index (χ3v) is 4.49. The lowest BCUT2D eigenvalue weighted by molar-refractivity contribution is -0.742. The lowest BCUT2D eigenvalue weighted by atomic mass is 10.0. The van der Waals surface area contributed by atoms with Crippen LogP contribution in [0.3, 0.4) is 0 Å². The van der Waals surface area contributed by atoms with Crippen molar-refractivity contribution >= 4 is 17.3 Å². The number of carbonyl (C=O) groups excluding carboxylic acids is 1. The third kappa shape index (κ3) is 3.42. The summed E-state index contributed by atoms with van der Waals surface area (Å²) < 4.78 is 5.74. The summed E-state index contributed by atoms with van der Waals surface area (Å²) in [7, 11) is 0. The highest BCUT2D eigenvalue weighted by molar-refractivity contribution is 6.45. The summed E-state index contributed by atoms with van der Waals surface area (Å²) in [5.41, 5.74) is 5.08. The zero-order valence-corrected chi connectivity index (χ0v) is 14.8. The number of nitrogens with zero attached hydrogens (tertiary/aromatic N) is 1. The number of hydrogen-bond donors (Lipinski definition) is 2. The Bertz CT molecular complexity index is 826. The highest BCUT2D eigenvalue weighted by atomic mass is 16.5. The van der Waals surface area contributed by atoms with E-state index in [2.05, 4.69) is 11.2 Å². The Morgan fingerprint density at radius 1 is 1.08 bits per heavy atom. The second-order valence-electron chi connectivity index (χ2n) is 6.53. The van der Waals surface area contributed by atoms with Crippen LogP contribution in [0.5, 0.6) is 5.75 Å². The van der Waals surface area contributed by atoms with Gasteiger partial charge < -0.3 is 9.94 Å². The Kier molecular flexibility index (Phi) is 4.86. The van der Waals surface area contributed by atoms with Gasteiger partial charge in [-0.2, -0.15) is 0 Å². The van der Waals surface area contributed by atoms with Crippen LogP contribution in [0.25, 0.3) is 0 Å². The molecule has 2 N–H and O–H groups in total. The first-order valence-electron chi connectivity index (χ1n) is 8.45. The fourth-order valence-corrected chi connectivity index (χ4v) is 3.34. The number of hydrogen-bond acceptors (Lipinski definition) is 4. The molecule has 1 heterocycles. The number of carbonyl (C=O) groups is 1. The van der Waals surface area contributed by atoms with E-state index < -0.39 is 0 Å². The van der Waals surface area contributed by atoms with E-state index in [0.717, 1.165) is 34.5 Å². The van der Waals surface area contributed by atoms with Crippen LogP contribution < -0.4 is 9.64 Å². The predicted octanol–water partition coefficient (Wildman–Crippen LogP) is 2.32. The molecule has 0 aromatic heterocycles. The van der Waals surface area contributed by atoms with Crippen LogP contribution in [0.2, 0.25) is 0 Å². The van der Waals surface area contributed by atoms with E-state index in [1.807, 2.05) is 51.1 Å². The number of aryl methyl sites for hydroxylation is 3. The number of nitrogens with one attached hydrogen (secondary N) is 1. The van der Waals surface area contributed by atoms with Crippen LogP contribution in [0.15, 0.2) is 41.6 Å². The molecule has 5 heteroatoms. The quantitative estimate of drug-likeness (QED) is 0.499. The van der Waals surface area contributed by atoms with Gasteiger partial charge in [-0.15, -0.1) is 0 Å². The van der Waals surface area contributed by atoms with E-state index in [4.69, 9.17) is 4.74 Å². The smallest absolute Gasteiger partial charge is 0.372 e. The summed E-state index contributed by atoms with van der Waals surface area (Å²) in [6, 6.07) is 11.9. The molecule has 1 aliphatic heterocycles. The molecule has 2 aromatic rings. The Labute approximate surface area is 147 Å². The summed E-state index contributed by atoms with van der Waals surface area (Å²) in [5.74, 6) is 0.652. The molecule has 1 amide bonds. The standard InChI is InChI=1S/C20H22N2O3/c1-13-5-7-16(8-6-13)25-10-4-9-22-19-15(3)11-14(2)12-17(19)18(21-24)20(22)23/h5-8,11-12,24H,4,9-10H2,1-3H3/p+1. The van der Waals surface area contributed by atoms with Gasteiger partial charge in [-0.05, 0) is 44.5 Å². The van der Waals surface area contributed by atoms with Crippen molar-refractivity contribution < 1.29 is 19.6 Å². The number of amides is 1. The molecular weight excluding hydrogens is 316 g/mol. The van der Waals surface area contributed by atoms with Gasteiger partial charge in [0.25, 0.3) is 0 Å². The minimum atomic E-state index is -0.179. The van der Waals surface area contributed by atoms with Crippen LogP contribution in [-0.4, -0.2) is 30.0 Å². The van der Waals surface area contributed by atoms with Crippen LogP contribution in [0.4, 0.5) is 5.69 Å². The Balaban J connectivity index is 1.69. The topological polar surface area (TPSA) is 63.3 Å². The number of fused-ring (bicyclic) bond motifs is 1. The molecule has 130 valence electrons. The molecule has 1 aliphatic rings. The maximum Gasteiger partial charge on any atom is 0.372 e. The number of ether oxygens (including phenoxy) is 1. The predicted molar refractivity (Wildman–Crippen MR) is 96.0 cm³/mol. The van der Waals surface area contributed by atoms with Crippen molar-refractivity contribution in [1.82, 2.24) is 0 Å². The highest BCUT2D eigenvalue weighted by Gasteiger charge is 2.41. The van der Waals surface area contributed by atoms with Gasteiger partial charge in [0.1, 0.15) is 5.75 Å². The minimum absolute atomic E-state index is 0.149. The molecular formula is C20H23N2O3+. The average Bonchev–Trinajstić information content (AvgIpc) is 2.84. The molecule has 0 aliphatic carbocycles. The molecule has 1 atom stereocenters. The number of quaternary nitrogens is 1. The maximum absolute atomic E-state index is 12.6. The van der Waals surface area contributed by atoms with Crippen molar-refractivity contribution in [2.75, 3.05) is 13.2 Å². The molecule has 3 rings (SSSR count). The number of benzene rings is 2. The van der Waals surface area contributed by atoms with Gasteiger partial charge >= 0.3 is 5.91 Å². The Morgan fingerprint density at radius 3 is 2.48 bits per heavy atom. The van der Waals surface area contributed by atoms with E-state index >= 15 is 0 Å². The molecule has 5 nitrogen and oxygen atoms in total. The molecule has 0 bridgehead atoms. The van der Waals surface area contributed by atoms with Crippen LogP contribution >= 0.6 is 0 Å². The lowest BCUT2D eigenvalue weighted by Gasteiger charge is -2.13. The number of rotatable bonds is 5. The Hall–Kier alpha value is -2.66. The fraction of sp³-hybridized carbons (Fsp3) is 0.300. The van der Waals surface area contributed by atoms with Gasteiger partial charge in [0.15, 0.2) is 5.69 Å². The Morgan fingerprint density at radius 2 is 1.80 bits per heavy atom. The first kappa shape index (κ1) is 17.2. The van der Waals surface area contributed by atoms with Gasteiger partial charge in [-0.25, -0.2) is 9.69 Å². The molecule has 25 heavy (non-hydrogen) atoms. The molecule has 0 spiro atoms. The third-order valence-electron chi connectivity index (χ3n) is 4.49. The molecule has 0 saturated carbocycles. The average molecular weight is 339 g/mol. The normalized spacial score (nSPS) is 17.8. The molecule has 0 radical (unpaired) electrons. The second-order valence-corrected chi connectivity index (χ2v) is 6.53. The SMILES string of the molecule is Cc1ccc(OCCC[NH+]2C(=O)C(=NO)c3cc(C)cc(C)c32)cc1. The van der Waals surface area contributed by atoms with E-state index in [1.165, 1.54) is 5.56 Å². The largest absolute Gasteiger partial charge is 0.493 e. The van der Waals surface area contributed by atoms with Gasteiger partial charge in [-0.3, -0.25) is 0 Å². The van der Waals surface area contributed by atoms with E-state index in [0.29, 0.717) is 18.1 Å². The molecule has 1 unspecified atom stereocenters. The second kappa shape index (κ2) is 7.07. The first-order valence-corrected chi connectivity index (χ1v) is 8.45. The highest BCUT2D eigenvalue weighted by Crippen LogP contribution is 2.24. The van der Waals surface area contributed by atoms with Gasteiger partial charge in [0, 0.05) is 12.0 Å². The van der Waals surface area contributed by atoms with Gasteiger partial charge in [0.05, 0.1) is 18.7 Å². The van der Waals surface area contributed by atoms with Crippen molar-refractivity contribution in [2.45, 2.75) is 27.2 Å². The van der Waals surface area contributed by atoms with Crippen LogP contribution in [0, 0.1) is 20.8 Å². The summed E-state index contributed by atoms with van der Waals surface area (Å²) in [4.78, 5) is 13.3. The monoisotopic (exact) mass is 339 g/mol. The van der Waals surface area contributed by atoms with E-state index in [1.54, 1.807) is 0 Å². The summed E-state index contributed by atoms with van der Waals surface area (Å²) in [5, 5.41) is 12.5. The molecule has 2 aromatic carbocycles.